The maximum atomic E-state index is 12.9. The zero-order chi connectivity index (χ0) is 19.0. The molecule has 4 rings (SSSR count). The Hall–Kier alpha value is -3.02. The van der Waals surface area contributed by atoms with Crippen LogP contribution in [0.15, 0.2) is 36.4 Å². The van der Waals surface area contributed by atoms with E-state index in [1.807, 2.05) is 25.1 Å². The molecule has 0 bridgehead atoms. The summed E-state index contributed by atoms with van der Waals surface area (Å²) in [4.78, 5) is 25.4. The summed E-state index contributed by atoms with van der Waals surface area (Å²) in [5.41, 5.74) is 2.09. The fourth-order valence-electron chi connectivity index (χ4n) is 3.68. The molecule has 6 nitrogen and oxygen atoms in total. The topological polar surface area (TPSA) is 71.1 Å². The van der Waals surface area contributed by atoms with Crippen LogP contribution in [0.2, 0.25) is 0 Å². The molecular weight excluding hydrogens is 348 g/mol. The monoisotopic (exact) mass is 368 g/mol. The fraction of sp³-hybridized carbons (Fsp3) is 0.333. The van der Waals surface area contributed by atoms with Gasteiger partial charge in [-0.25, -0.2) is 0 Å². The second-order valence-electron chi connectivity index (χ2n) is 6.55. The van der Waals surface area contributed by atoms with E-state index in [-0.39, 0.29) is 12.6 Å². The van der Waals surface area contributed by atoms with Gasteiger partial charge in [-0.2, -0.15) is 0 Å². The Labute approximate surface area is 157 Å². The molecule has 2 aliphatic rings. The number of esters is 1. The quantitative estimate of drug-likeness (QED) is 0.596. The Bertz CT molecular complexity index is 904. The molecule has 2 aromatic rings. The number of ketones is 1. The SMILES string of the molecule is CCCOc1ccc2c(c1)C(c1ccc3c(c1)OCO3)C(C(=O)OC)C2=O. The van der Waals surface area contributed by atoms with Gasteiger partial charge in [0.15, 0.2) is 17.3 Å². The van der Waals surface area contributed by atoms with Gasteiger partial charge in [0.25, 0.3) is 0 Å². The van der Waals surface area contributed by atoms with E-state index in [1.165, 1.54) is 7.11 Å². The molecule has 140 valence electrons. The molecule has 0 fully saturated rings. The number of fused-ring (bicyclic) bond motifs is 2. The Kier molecular flexibility index (Phi) is 4.48. The molecule has 6 heteroatoms. The summed E-state index contributed by atoms with van der Waals surface area (Å²) in [6.07, 6.45) is 0.881. The van der Waals surface area contributed by atoms with Crippen LogP contribution in [0, 0.1) is 5.92 Å². The number of carbonyl (C=O) groups excluding carboxylic acids is 2. The number of hydrogen-bond donors (Lipinski definition) is 0. The van der Waals surface area contributed by atoms with E-state index >= 15 is 0 Å². The highest BCUT2D eigenvalue weighted by atomic mass is 16.7. The third kappa shape index (κ3) is 2.91. The molecule has 2 atom stereocenters. The van der Waals surface area contributed by atoms with Crippen LogP contribution in [0.5, 0.6) is 17.2 Å². The summed E-state index contributed by atoms with van der Waals surface area (Å²) in [5.74, 6) is -0.226. The highest BCUT2D eigenvalue weighted by Gasteiger charge is 2.46. The maximum absolute atomic E-state index is 12.9. The van der Waals surface area contributed by atoms with Crippen molar-refractivity contribution < 1.29 is 28.5 Å². The van der Waals surface area contributed by atoms with Gasteiger partial charge in [-0.15, -0.1) is 0 Å². The van der Waals surface area contributed by atoms with E-state index in [4.69, 9.17) is 18.9 Å². The van der Waals surface area contributed by atoms with Crippen LogP contribution in [0.25, 0.3) is 0 Å². The largest absolute Gasteiger partial charge is 0.494 e. The van der Waals surface area contributed by atoms with Crippen LogP contribution < -0.4 is 14.2 Å². The van der Waals surface area contributed by atoms with Gasteiger partial charge in [0, 0.05) is 11.5 Å². The first-order valence-corrected chi connectivity index (χ1v) is 8.92. The van der Waals surface area contributed by atoms with Crippen molar-refractivity contribution in [3.05, 3.63) is 53.1 Å². The molecule has 1 aliphatic heterocycles. The summed E-state index contributed by atoms with van der Waals surface area (Å²) in [6.45, 7) is 2.77. The average molecular weight is 368 g/mol. The standard InChI is InChI=1S/C21H20O6/c1-3-8-25-13-5-6-14-15(10-13)18(19(20(14)22)21(23)24-2)12-4-7-16-17(9-12)27-11-26-16/h4-7,9-10,18-19H,3,8,11H2,1-2H3. The molecule has 2 unspecified atom stereocenters. The van der Waals surface area contributed by atoms with Crippen molar-refractivity contribution in [3.8, 4) is 17.2 Å². The molecule has 2 aromatic carbocycles. The van der Waals surface area contributed by atoms with Crippen LogP contribution >= 0.6 is 0 Å². The number of benzene rings is 2. The van der Waals surface area contributed by atoms with E-state index < -0.39 is 17.8 Å². The minimum absolute atomic E-state index is 0.161. The van der Waals surface area contributed by atoms with Crippen LogP contribution in [-0.4, -0.2) is 32.3 Å². The second-order valence-corrected chi connectivity index (χ2v) is 6.55. The first-order chi connectivity index (χ1) is 13.1. The smallest absolute Gasteiger partial charge is 0.317 e. The van der Waals surface area contributed by atoms with Crippen molar-refractivity contribution >= 4 is 11.8 Å². The lowest BCUT2D eigenvalue weighted by atomic mass is 9.85. The Morgan fingerprint density at radius 1 is 1.15 bits per heavy atom. The third-order valence-electron chi connectivity index (χ3n) is 4.92. The number of ether oxygens (including phenoxy) is 4. The van der Waals surface area contributed by atoms with Crippen molar-refractivity contribution in [2.45, 2.75) is 19.3 Å². The minimum atomic E-state index is -0.924. The van der Waals surface area contributed by atoms with Crippen molar-refractivity contribution in [1.29, 1.82) is 0 Å². The first-order valence-electron chi connectivity index (χ1n) is 8.92. The number of methoxy groups -OCH3 is 1. The second kappa shape index (κ2) is 6.95. The Balaban J connectivity index is 1.81. The molecule has 0 N–H and O–H groups in total. The van der Waals surface area contributed by atoms with Crippen molar-refractivity contribution in [2.24, 2.45) is 5.92 Å². The normalized spacial score (nSPS) is 19.7. The molecule has 27 heavy (non-hydrogen) atoms. The molecule has 0 radical (unpaired) electrons. The summed E-state index contributed by atoms with van der Waals surface area (Å²) in [5, 5.41) is 0. The molecule has 0 spiro atoms. The van der Waals surface area contributed by atoms with Crippen LogP contribution in [0.3, 0.4) is 0 Å². The highest BCUT2D eigenvalue weighted by molar-refractivity contribution is 6.13. The van der Waals surface area contributed by atoms with Crippen molar-refractivity contribution in [2.75, 3.05) is 20.5 Å². The van der Waals surface area contributed by atoms with Gasteiger partial charge in [-0.05, 0) is 47.9 Å². The lowest BCUT2D eigenvalue weighted by Gasteiger charge is -2.19. The number of Topliss-reactive ketones (excluding diaryl/α,β-unsaturated/α-hetero) is 1. The molecule has 0 saturated carbocycles. The predicted molar refractivity (Wildman–Crippen MR) is 96.5 cm³/mol. The third-order valence-corrected chi connectivity index (χ3v) is 4.92. The summed E-state index contributed by atoms with van der Waals surface area (Å²) < 4.78 is 21.5. The Morgan fingerprint density at radius 2 is 1.96 bits per heavy atom. The van der Waals surface area contributed by atoms with Gasteiger partial charge in [0.2, 0.25) is 6.79 Å². The van der Waals surface area contributed by atoms with E-state index in [0.717, 1.165) is 17.5 Å². The van der Waals surface area contributed by atoms with Crippen LogP contribution in [0.4, 0.5) is 0 Å². The molecule has 0 saturated heterocycles. The van der Waals surface area contributed by atoms with E-state index in [2.05, 4.69) is 0 Å². The molecular formula is C21H20O6. The zero-order valence-corrected chi connectivity index (χ0v) is 15.2. The zero-order valence-electron chi connectivity index (χ0n) is 15.2. The van der Waals surface area contributed by atoms with Gasteiger partial charge in [-0.3, -0.25) is 9.59 Å². The molecule has 1 aliphatic carbocycles. The number of hydrogen-bond acceptors (Lipinski definition) is 6. The van der Waals surface area contributed by atoms with Crippen LogP contribution in [-0.2, 0) is 9.53 Å². The summed E-state index contributed by atoms with van der Waals surface area (Å²) >= 11 is 0. The van der Waals surface area contributed by atoms with E-state index in [0.29, 0.717) is 29.4 Å². The van der Waals surface area contributed by atoms with Gasteiger partial charge in [0.1, 0.15) is 11.7 Å². The number of carbonyl (C=O) groups is 2. The van der Waals surface area contributed by atoms with Crippen molar-refractivity contribution in [3.63, 3.8) is 0 Å². The van der Waals surface area contributed by atoms with E-state index in [1.54, 1.807) is 18.2 Å². The minimum Gasteiger partial charge on any atom is -0.494 e. The first kappa shape index (κ1) is 17.4. The highest BCUT2D eigenvalue weighted by Crippen LogP contribution is 2.46. The van der Waals surface area contributed by atoms with Gasteiger partial charge in [0.05, 0.1) is 13.7 Å². The molecule has 1 heterocycles. The maximum Gasteiger partial charge on any atom is 0.317 e. The summed E-state index contributed by atoms with van der Waals surface area (Å²) in [7, 11) is 1.30. The van der Waals surface area contributed by atoms with E-state index in [9.17, 15) is 9.59 Å². The van der Waals surface area contributed by atoms with Gasteiger partial charge in [-0.1, -0.05) is 13.0 Å². The lowest BCUT2D eigenvalue weighted by molar-refractivity contribution is -0.143. The molecule has 0 amide bonds. The average Bonchev–Trinajstić information content (AvgIpc) is 3.27. The summed E-state index contributed by atoms with van der Waals surface area (Å²) in [6, 6.07) is 10.8. The number of rotatable bonds is 5. The van der Waals surface area contributed by atoms with Crippen LogP contribution in [0.1, 0.15) is 40.7 Å². The Morgan fingerprint density at radius 3 is 2.74 bits per heavy atom. The van der Waals surface area contributed by atoms with Crippen molar-refractivity contribution in [1.82, 2.24) is 0 Å². The predicted octanol–water partition coefficient (Wildman–Crippen LogP) is 3.32. The fourth-order valence-corrected chi connectivity index (χ4v) is 3.68. The van der Waals surface area contributed by atoms with Gasteiger partial charge < -0.3 is 18.9 Å². The lowest BCUT2D eigenvalue weighted by Crippen LogP contribution is -2.26. The van der Waals surface area contributed by atoms with Gasteiger partial charge >= 0.3 is 5.97 Å². The molecule has 0 aromatic heterocycles.